The molecule has 1 saturated heterocycles. The number of rotatable bonds is 11. The topological polar surface area (TPSA) is 156 Å². The second-order valence-electron chi connectivity index (χ2n) is 12.8. The van der Waals surface area contributed by atoms with Gasteiger partial charge in [0.15, 0.2) is 6.04 Å². The molecule has 2 unspecified atom stereocenters. The van der Waals surface area contributed by atoms with Gasteiger partial charge in [-0.2, -0.15) is 0 Å². The SMILES string of the molecule is O=C(NC(=NCCCC1C(=O)N(C(=O)N2CCc3ccccc3C2)C1C(=O)OCc1ccccc1)NC(=O)OCc1ccccc1)OCc1ccccc1. The van der Waals surface area contributed by atoms with E-state index >= 15 is 0 Å². The first kappa shape index (κ1) is 37.3. The van der Waals surface area contributed by atoms with Gasteiger partial charge in [0, 0.05) is 19.6 Å². The first-order valence-corrected chi connectivity index (χ1v) is 17.7. The predicted molar refractivity (Wildman–Crippen MR) is 197 cm³/mol. The maximum atomic E-state index is 13.7. The predicted octanol–water partition coefficient (Wildman–Crippen LogP) is 5.72. The molecule has 13 heteroatoms. The number of hydrogen-bond acceptors (Lipinski definition) is 9. The summed E-state index contributed by atoms with van der Waals surface area (Å²) in [4.78, 5) is 73.1. The number of alkyl carbamates (subject to hydrolysis) is 2. The fourth-order valence-electron chi connectivity index (χ4n) is 6.26. The Hall–Kier alpha value is -6.50. The summed E-state index contributed by atoms with van der Waals surface area (Å²) in [6.45, 7) is 0.747. The van der Waals surface area contributed by atoms with Crippen LogP contribution in [0.4, 0.5) is 14.4 Å². The van der Waals surface area contributed by atoms with E-state index in [0.717, 1.165) is 32.7 Å². The van der Waals surface area contributed by atoms with Gasteiger partial charge in [0.2, 0.25) is 11.9 Å². The molecular weight excluding hydrogens is 690 g/mol. The molecule has 2 aliphatic rings. The van der Waals surface area contributed by atoms with Crippen molar-refractivity contribution in [2.24, 2.45) is 10.9 Å². The normalized spacial score (nSPS) is 15.9. The molecule has 0 saturated carbocycles. The van der Waals surface area contributed by atoms with Crippen molar-refractivity contribution in [3.8, 4) is 0 Å². The average Bonchev–Trinajstić information content (AvgIpc) is 3.21. The molecule has 54 heavy (non-hydrogen) atoms. The molecular formula is C41H41N5O8. The van der Waals surface area contributed by atoms with E-state index in [1.54, 1.807) is 29.2 Å². The fraction of sp³-hybridized carbons (Fsp3) is 0.268. The molecule has 1 fully saturated rings. The Kier molecular flexibility index (Phi) is 12.6. The summed E-state index contributed by atoms with van der Waals surface area (Å²) in [5.74, 6) is -2.20. The van der Waals surface area contributed by atoms with Crippen LogP contribution in [0.2, 0.25) is 0 Å². The van der Waals surface area contributed by atoms with E-state index in [0.29, 0.717) is 19.5 Å². The van der Waals surface area contributed by atoms with Gasteiger partial charge in [0.1, 0.15) is 19.8 Å². The maximum Gasteiger partial charge on any atom is 0.414 e. The number of urea groups is 1. The third-order valence-electron chi connectivity index (χ3n) is 9.10. The highest BCUT2D eigenvalue weighted by Crippen LogP contribution is 2.34. The number of hydrogen-bond donors (Lipinski definition) is 2. The molecule has 4 aromatic rings. The highest BCUT2D eigenvalue weighted by atomic mass is 16.6. The molecule has 278 valence electrons. The maximum absolute atomic E-state index is 13.7. The first-order valence-electron chi connectivity index (χ1n) is 17.7. The van der Waals surface area contributed by atoms with Crippen molar-refractivity contribution < 1.29 is 38.2 Å². The largest absolute Gasteiger partial charge is 0.459 e. The summed E-state index contributed by atoms with van der Waals surface area (Å²) >= 11 is 0. The number of guanidine groups is 1. The van der Waals surface area contributed by atoms with Gasteiger partial charge in [-0.3, -0.25) is 20.4 Å². The molecule has 2 atom stereocenters. The van der Waals surface area contributed by atoms with Crippen LogP contribution in [0.15, 0.2) is 120 Å². The summed E-state index contributed by atoms with van der Waals surface area (Å²) in [5.41, 5.74) is 4.44. The quantitative estimate of drug-likeness (QED) is 0.0496. The van der Waals surface area contributed by atoms with Crippen molar-refractivity contribution in [1.82, 2.24) is 20.4 Å². The molecule has 2 N–H and O–H groups in total. The molecule has 0 spiro atoms. The minimum Gasteiger partial charge on any atom is -0.459 e. The number of aliphatic imine (C=N–C) groups is 1. The lowest BCUT2D eigenvalue weighted by molar-refractivity contribution is -0.171. The number of β-lactam (4-membered cyclic amide) rings is 1. The van der Waals surface area contributed by atoms with Gasteiger partial charge < -0.3 is 19.1 Å². The number of benzene rings is 4. The molecule has 0 bridgehead atoms. The fourth-order valence-corrected chi connectivity index (χ4v) is 6.26. The zero-order valence-electron chi connectivity index (χ0n) is 29.6. The van der Waals surface area contributed by atoms with Crippen molar-refractivity contribution in [3.05, 3.63) is 143 Å². The van der Waals surface area contributed by atoms with E-state index in [9.17, 15) is 24.0 Å². The monoisotopic (exact) mass is 731 g/mol. The van der Waals surface area contributed by atoms with E-state index < -0.39 is 42.1 Å². The van der Waals surface area contributed by atoms with Crippen LogP contribution in [0.25, 0.3) is 0 Å². The Bertz CT molecular complexity index is 1900. The minimum absolute atomic E-state index is 0.0108. The molecule has 2 heterocycles. The van der Waals surface area contributed by atoms with Crippen molar-refractivity contribution in [3.63, 3.8) is 0 Å². The molecule has 0 aromatic heterocycles. The number of carbonyl (C=O) groups excluding carboxylic acids is 5. The number of likely N-dealkylation sites (tertiary alicyclic amines) is 1. The van der Waals surface area contributed by atoms with Gasteiger partial charge in [0.05, 0.1) is 5.92 Å². The highest BCUT2D eigenvalue weighted by molar-refractivity contribution is 6.08. The van der Waals surface area contributed by atoms with Crippen molar-refractivity contribution >= 4 is 36.1 Å². The molecule has 13 nitrogen and oxygen atoms in total. The smallest absolute Gasteiger partial charge is 0.414 e. The standard InChI is InChI=1S/C41H41N5O8/c47-36-34(35(37(48)52-26-29-13-4-1-5-14-29)46(36)41(51)45-24-22-32-19-10-11-20-33(32)25-45)21-12-23-42-38(43-39(49)53-27-30-15-6-2-7-16-30)44-40(50)54-28-31-17-8-3-9-18-31/h1-11,13-20,34-35H,12,21-28H2,(H2,42,43,44,49,50). The zero-order valence-corrected chi connectivity index (χ0v) is 29.6. The van der Waals surface area contributed by atoms with Gasteiger partial charge >= 0.3 is 24.2 Å². The lowest BCUT2D eigenvalue weighted by Gasteiger charge is -2.46. The zero-order chi connectivity index (χ0) is 37.7. The number of carbonyl (C=O) groups is 5. The molecule has 5 amide bonds. The third kappa shape index (κ3) is 9.88. The lowest BCUT2D eigenvalue weighted by Crippen LogP contribution is -2.68. The number of nitrogens with one attached hydrogen (secondary N) is 2. The van der Waals surface area contributed by atoms with Gasteiger partial charge in [-0.15, -0.1) is 0 Å². The summed E-state index contributed by atoms with van der Waals surface area (Å²) in [7, 11) is 0. The van der Waals surface area contributed by atoms with Crippen LogP contribution in [0.3, 0.4) is 0 Å². The van der Waals surface area contributed by atoms with E-state index in [1.165, 1.54) is 0 Å². The highest BCUT2D eigenvalue weighted by Gasteiger charge is 2.56. The van der Waals surface area contributed by atoms with E-state index in [2.05, 4.69) is 15.6 Å². The van der Waals surface area contributed by atoms with Crippen molar-refractivity contribution in [2.75, 3.05) is 13.1 Å². The summed E-state index contributed by atoms with van der Waals surface area (Å²) in [6, 6.07) is 33.5. The van der Waals surface area contributed by atoms with E-state index in [4.69, 9.17) is 14.2 Å². The van der Waals surface area contributed by atoms with Crippen LogP contribution in [-0.4, -0.2) is 65.0 Å². The van der Waals surface area contributed by atoms with Crippen LogP contribution < -0.4 is 10.6 Å². The Morgan fingerprint density at radius 3 is 1.72 bits per heavy atom. The van der Waals surface area contributed by atoms with Crippen LogP contribution in [-0.2, 0) is 56.6 Å². The molecule has 2 aliphatic heterocycles. The Labute approximate surface area is 312 Å². The molecule has 6 rings (SSSR count). The van der Waals surface area contributed by atoms with Crippen LogP contribution >= 0.6 is 0 Å². The second-order valence-corrected chi connectivity index (χ2v) is 12.8. The number of imide groups is 1. The first-order chi connectivity index (χ1) is 26.4. The van der Waals surface area contributed by atoms with Gasteiger partial charge in [0.25, 0.3) is 0 Å². The minimum atomic E-state index is -1.12. The van der Waals surface area contributed by atoms with Crippen LogP contribution in [0.1, 0.15) is 40.7 Å². The van der Waals surface area contributed by atoms with Gasteiger partial charge in [-0.25, -0.2) is 24.1 Å². The number of ether oxygens (including phenoxy) is 3. The Balaban J connectivity index is 1.10. The van der Waals surface area contributed by atoms with Crippen LogP contribution in [0.5, 0.6) is 0 Å². The van der Waals surface area contributed by atoms with Gasteiger partial charge in [-0.1, -0.05) is 115 Å². The molecule has 0 radical (unpaired) electrons. The molecule has 4 aromatic carbocycles. The van der Waals surface area contributed by atoms with E-state index in [-0.39, 0.29) is 45.2 Å². The summed E-state index contributed by atoms with van der Waals surface area (Å²) in [6.07, 6.45) is -0.622. The van der Waals surface area contributed by atoms with E-state index in [1.807, 2.05) is 91.0 Å². The summed E-state index contributed by atoms with van der Waals surface area (Å²) in [5, 5.41) is 4.89. The van der Waals surface area contributed by atoms with Crippen molar-refractivity contribution in [2.45, 2.75) is 51.7 Å². The lowest BCUT2D eigenvalue weighted by atomic mass is 9.83. The van der Waals surface area contributed by atoms with Gasteiger partial charge in [-0.05, 0) is 47.1 Å². The molecule has 0 aliphatic carbocycles. The second kappa shape index (κ2) is 18.3. The average molecular weight is 732 g/mol. The van der Waals surface area contributed by atoms with Crippen LogP contribution in [0, 0.1) is 5.92 Å². The summed E-state index contributed by atoms with van der Waals surface area (Å²) < 4.78 is 16.2. The number of amides is 5. The van der Waals surface area contributed by atoms with Crippen molar-refractivity contribution in [1.29, 1.82) is 0 Å². The number of nitrogens with zero attached hydrogens (tertiary/aromatic N) is 3. The Morgan fingerprint density at radius 1 is 0.667 bits per heavy atom. The third-order valence-corrected chi connectivity index (χ3v) is 9.10. The Morgan fingerprint density at radius 2 is 1.17 bits per heavy atom. The number of fused-ring (bicyclic) bond motifs is 1. The number of esters is 1.